The molecule has 11 heteroatoms. The fourth-order valence-electron chi connectivity index (χ4n) is 5.19. The van der Waals surface area contributed by atoms with Gasteiger partial charge in [-0.05, 0) is 55.2 Å². The van der Waals surface area contributed by atoms with Gasteiger partial charge in [-0.2, -0.15) is 4.31 Å². The zero-order chi connectivity index (χ0) is 29.2. The summed E-state index contributed by atoms with van der Waals surface area (Å²) in [6.45, 7) is 9.43. The van der Waals surface area contributed by atoms with Crippen molar-refractivity contribution in [2.45, 2.75) is 50.6 Å². The van der Waals surface area contributed by atoms with Crippen LogP contribution in [0.3, 0.4) is 0 Å². The van der Waals surface area contributed by atoms with Crippen molar-refractivity contribution in [2.24, 2.45) is 0 Å². The molecule has 0 bridgehead atoms. The molecule has 216 valence electrons. The minimum Gasteiger partial charge on any atom is -0.463 e. The Hall–Kier alpha value is -2.92. The molecule has 4 rings (SSSR count). The maximum Gasteiger partial charge on any atom is 0.338 e. The number of carbonyl (C=O) groups excluding carboxylic acids is 2. The standard InChI is InChI=1S/C29H37ClN4O5S/c1-6-39-28(35)26-25(32(5)29(36)31-27(26)22-9-7-21(8-10-22)19(2)3)18-33-15-16-34(20(4)17-33)40(37,38)24-13-11-23(30)12-14-24/h7-14,19-20,27H,6,15-18H2,1-5H3,(H,31,36). The van der Waals surface area contributed by atoms with E-state index in [0.717, 1.165) is 11.1 Å². The van der Waals surface area contributed by atoms with Crippen molar-refractivity contribution in [2.75, 3.05) is 39.8 Å². The van der Waals surface area contributed by atoms with Crippen LogP contribution in [0.15, 0.2) is 64.7 Å². The first-order valence-electron chi connectivity index (χ1n) is 13.5. The molecule has 1 saturated heterocycles. The monoisotopic (exact) mass is 588 g/mol. The van der Waals surface area contributed by atoms with Crippen molar-refractivity contribution >= 4 is 33.6 Å². The molecule has 0 spiro atoms. The molecule has 2 unspecified atom stereocenters. The number of nitrogens with one attached hydrogen (secondary N) is 1. The molecule has 1 N–H and O–H groups in total. The average Bonchev–Trinajstić information content (AvgIpc) is 2.91. The molecular weight excluding hydrogens is 552 g/mol. The van der Waals surface area contributed by atoms with E-state index in [0.29, 0.717) is 35.3 Å². The van der Waals surface area contributed by atoms with E-state index in [4.69, 9.17) is 16.3 Å². The van der Waals surface area contributed by atoms with Crippen LogP contribution in [-0.2, 0) is 19.6 Å². The molecule has 0 radical (unpaired) electrons. The quantitative estimate of drug-likeness (QED) is 0.460. The summed E-state index contributed by atoms with van der Waals surface area (Å²) in [5.41, 5.74) is 2.87. The largest absolute Gasteiger partial charge is 0.463 e. The van der Waals surface area contributed by atoms with E-state index in [1.54, 1.807) is 26.1 Å². The summed E-state index contributed by atoms with van der Waals surface area (Å²) in [5.74, 6) is -0.139. The van der Waals surface area contributed by atoms with Crippen molar-refractivity contribution in [1.82, 2.24) is 19.4 Å². The second-order valence-corrected chi connectivity index (χ2v) is 12.8. The Kier molecular flexibility index (Phi) is 9.24. The highest BCUT2D eigenvalue weighted by Crippen LogP contribution is 2.33. The summed E-state index contributed by atoms with van der Waals surface area (Å²) < 4.78 is 33.6. The lowest BCUT2D eigenvalue weighted by atomic mass is 9.92. The number of carbonyl (C=O) groups is 2. The smallest absolute Gasteiger partial charge is 0.338 e. The van der Waals surface area contributed by atoms with Crippen molar-refractivity contribution in [3.05, 3.63) is 76.0 Å². The second kappa shape index (κ2) is 12.3. The zero-order valence-corrected chi connectivity index (χ0v) is 25.1. The minimum atomic E-state index is -3.70. The number of benzene rings is 2. The lowest BCUT2D eigenvalue weighted by Crippen LogP contribution is -2.56. The van der Waals surface area contributed by atoms with Gasteiger partial charge in [-0.1, -0.05) is 49.7 Å². The highest BCUT2D eigenvalue weighted by Gasteiger charge is 2.39. The van der Waals surface area contributed by atoms with Crippen molar-refractivity contribution in [3.8, 4) is 0 Å². The molecule has 1 fully saturated rings. The minimum absolute atomic E-state index is 0.194. The molecule has 2 aliphatic rings. The molecule has 2 aromatic rings. The van der Waals surface area contributed by atoms with Gasteiger partial charge in [0.05, 0.1) is 23.1 Å². The van der Waals surface area contributed by atoms with Crippen LogP contribution in [0.4, 0.5) is 4.79 Å². The van der Waals surface area contributed by atoms with E-state index in [1.165, 1.54) is 21.3 Å². The summed E-state index contributed by atoms with van der Waals surface area (Å²) in [4.78, 5) is 30.1. The highest BCUT2D eigenvalue weighted by molar-refractivity contribution is 7.89. The summed E-state index contributed by atoms with van der Waals surface area (Å²) in [6, 6.07) is 12.7. The average molecular weight is 589 g/mol. The third-order valence-corrected chi connectivity index (χ3v) is 9.73. The Morgan fingerprint density at radius 3 is 2.33 bits per heavy atom. The summed E-state index contributed by atoms with van der Waals surface area (Å²) in [5, 5.41) is 3.43. The molecule has 2 aliphatic heterocycles. The van der Waals surface area contributed by atoms with Crippen LogP contribution in [0, 0.1) is 0 Å². The van der Waals surface area contributed by atoms with E-state index in [2.05, 4.69) is 24.1 Å². The van der Waals surface area contributed by atoms with Gasteiger partial charge < -0.3 is 10.1 Å². The van der Waals surface area contributed by atoms with Gasteiger partial charge in [0, 0.05) is 50.0 Å². The Balaban J connectivity index is 1.62. The first kappa shape index (κ1) is 30.0. The Morgan fingerprint density at radius 2 is 1.75 bits per heavy atom. The molecular formula is C29H37ClN4O5S. The summed E-state index contributed by atoms with van der Waals surface area (Å²) in [6.07, 6.45) is 0. The van der Waals surface area contributed by atoms with Crippen LogP contribution >= 0.6 is 11.6 Å². The molecule has 40 heavy (non-hydrogen) atoms. The van der Waals surface area contributed by atoms with Crippen molar-refractivity contribution < 1.29 is 22.7 Å². The fraction of sp³-hybridized carbons (Fsp3) is 0.448. The first-order valence-corrected chi connectivity index (χ1v) is 15.3. The highest BCUT2D eigenvalue weighted by atomic mass is 35.5. The number of hydrogen-bond donors (Lipinski definition) is 1. The van der Waals surface area contributed by atoms with Crippen LogP contribution < -0.4 is 5.32 Å². The number of halogens is 1. The Labute approximate surface area is 241 Å². The number of piperazine rings is 1. The first-order chi connectivity index (χ1) is 18.9. The molecule has 2 heterocycles. The predicted octanol–water partition coefficient (Wildman–Crippen LogP) is 4.37. The third-order valence-electron chi connectivity index (χ3n) is 7.45. The molecule has 2 amide bonds. The van der Waals surface area contributed by atoms with E-state index < -0.39 is 22.0 Å². The van der Waals surface area contributed by atoms with Gasteiger partial charge in [0.25, 0.3) is 0 Å². The fourth-order valence-corrected chi connectivity index (χ4v) is 6.93. The molecule has 2 aromatic carbocycles. The van der Waals surface area contributed by atoms with E-state index in [1.807, 2.05) is 31.2 Å². The summed E-state index contributed by atoms with van der Waals surface area (Å²) in [7, 11) is -2.07. The van der Waals surface area contributed by atoms with Crippen molar-refractivity contribution in [3.63, 3.8) is 0 Å². The van der Waals surface area contributed by atoms with Gasteiger partial charge in [0.1, 0.15) is 0 Å². The molecule has 0 aliphatic carbocycles. The number of hydrogen-bond acceptors (Lipinski definition) is 6. The van der Waals surface area contributed by atoms with Crippen LogP contribution in [-0.4, -0.2) is 80.4 Å². The predicted molar refractivity (Wildman–Crippen MR) is 154 cm³/mol. The molecule has 2 atom stereocenters. The van der Waals surface area contributed by atoms with Gasteiger partial charge in [-0.15, -0.1) is 0 Å². The molecule has 9 nitrogen and oxygen atoms in total. The number of urea groups is 1. The van der Waals surface area contributed by atoms with Crippen molar-refractivity contribution in [1.29, 1.82) is 0 Å². The zero-order valence-electron chi connectivity index (χ0n) is 23.6. The van der Waals surface area contributed by atoms with Gasteiger partial charge in [-0.25, -0.2) is 18.0 Å². The lowest BCUT2D eigenvalue weighted by Gasteiger charge is -2.41. The maximum absolute atomic E-state index is 13.3. The topological polar surface area (TPSA) is 99.3 Å². The Bertz CT molecular complexity index is 1380. The van der Waals surface area contributed by atoms with Crippen LogP contribution in [0.2, 0.25) is 5.02 Å². The molecule has 0 aromatic heterocycles. The van der Waals surface area contributed by atoms with E-state index >= 15 is 0 Å². The normalized spacial score (nSPS) is 21.1. The molecule has 0 saturated carbocycles. The van der Waals surface area contributed by atoms with Gasteiger partial charge >= 0.3 is 12.0 Å². The number of amides is 2. The Morgan fingerprint density at radius 1 is 1.10 bits per heavy atom. The number of likely N-dealkylation sites (N-methyl/N-ethyl adjacent to an activating group) is 1. The summed E-state index contributed by atoms with van der Waals surface area (Å²) >= 11 is 5.95. The number of rotatable bonds is 8. The number of nitrogens with zero attached hydrogens (tertiary/aromatic N) is 3. The number of ether oxygens (including phenoxy) is 1. The number of sulfonamides is 1. The van der Waals surface area contributed by atoms with Gasteiger partial charge in [-0.3, -0.25) is 9.80 Å². The van der Waals surface area contributed by atoms with Crippen LogP contribution in [0.1, 0.15) is 50.8 Å². The second-order valence-electron chi connectivity index (χ2n) is 10.5. The lowest BCUT2D eigenvalue weighted by molar-refractivity contribution is -0.139. The van der Waals surface area contributed by atoms with Gasteiger partial charge in [0.2, 0.25) is 10.0 Å². The third kappa shape index (κ3) is 6.20. The van der Waals surface area contributed by atoms with E-state index in [-0.39, 0.29) is 36.7 Å². The maximum atomic E-state index is 13.3. The number of esters is 1. The SMILES string of the molecule is CCOC(=O)C1=C(CN2CCN(S(=O)(=O)c3ccc(Cl)cc3)C(C)C2)N(C)C(=O)NC1c1ccc(C(C)C)cc1. The van der Waals surface area contributed by atoms with Crippen LogP contribution in [0.25, 0.3) is 0 Å². The van der Waals surface area contributed by atoms with Crippen LogP contribution in [0.5, 0.6) is 0 Å². The van der Waals surface area contributed by atoms with Gasteiger partial charge in [0.15, 0.2) is 0 Å². The van der Waals surface area contributed by atoms with E-state index in [9.17, 15) is 18.0 Å².